The molecule has 0 aliphatic carbocycles. The van der Waals surface area contributed by atoms with Crippen molar-refractivity contribution in [1.82, 2.24) is 0 Å². The van der Waals surface area contributed by atoms with Crippen LogP contribution in [0.2, 0.25) is 0 Å². The van der Waals surface area contributed by atoms with Gasteiger partial charge in [-0.2, -0.15) is 0 Å². The molecule has 4 rings (SSSR count). The van der Waals surface area contributed by atoms with Crippen LogP contribution in [0.15, 0.2) is 72.8 Å². The predicted octanol–water partition coefficient (Wildman–Crippen LogP) is 4.93. The number of rotatable bonds is 3. The lowest BCUT2D eigenvalue weighted by atomic mass is 9.72. The van der Waals surface area contributed by atoms with Crippen molar-refractivity contribution in [1.29, 1.82) is 0 Å². The third-order valence-corrected chi connectivity index (χ3v) is 4.60. The first kappa shape index (κ1) is 16.7. The highest BCUT2D eigenvalue weighted by Gasteiger charge is 2.27. The Hall–Kier alpha value is -2.75. The number of hydrogen-bond acceptors (Lipinski definition) is 0. The minimum atomic E-state index is -2.76. The normalized spacial score (nSPS) is 11.1. The van der Waals surface area contributed by atoms with E-state index in [-0.39, 0.29) is 22.1 Å². The van der Waals surface area contributed by atoms with E-state index in [4.69, 9.17) is 0 Å². The standard InChI is InChI=1S/C20H12B2F4/c23-21(24)19-11-15-7-3-1-5-13(15)9-17(19)18-10-14-6-2-4-8-16(14)12-20(18)22(25)26/h1-12H. The van der Waals surface area contributed by atoms with Gasteiger partial charge >= 0.3 is 14.5 Å². The van der Waals surface area contributed by atoms with E-state index in [9.17, 15) is 17.3 Å². The van der Waals surface area contributed by atoms with Gasteiger partial charge < -0.3 is 0 Å². The van der Waals surface area contributed by atoms with Crippen LogP contribution in [0, 0.1) is 0 Å². The van der Waals surface area contributed by atoms with Gasteiger partial charge in [-0.3, -0.25) is 17.3 Å². The Kier molecular flexibility index (Phi) is 4.19. The third-order valence-electron chi connectivity index (χ3n) is 4.60. The van der Waals surface area contributed by atoms with Gasteiger partial charge in [0.25, 0.3) is 0 Å². The molecule has 0 nitrogen and oxygen atoms in total. The number of fused-ring (bicyclic) bond motifs is 2. The summed E-state index contributed by atoms with van der Waals surface area (Å²) in [6, 6.07) is 20.1. The number of hydrogen-bond donors (Lipinski definition) is 0. The van der Waals surface area contributed by atoms with Gasteiger partial charge in [0, 0.05) is 0 Å². The van der Waals surface area contributed by atoms with Crippen LogP contribution < -0.4 is 10.9 Å². The molecule has 0 aliphatic heterocycles. The van der Waals surface area contributed by atoms with Crippen molar-refractivity contribution < 1.29 is 17.3 Å². The van der Waals surface area contributed by atoms with E-state index in [0.717, 1.165) is 10.8 Å². The van der Waals surface area contributed by atoms with Crippen molar-refractivity contribution in [3.05, 3.63) is 72.8 Å². The summed E-state index contributed by atoms with van der Waals surface area (Å²) in [5.74, 6) is 0. The van der Waals surface area contributed by atoms with Crippen molar-refractivity contribution in [3.8, 4) is 11.1 Å². The zero-order valence-electron chi connectivity index (χ0n) is 13.6. The summed E-state index contributed by atoms with van der Waals surface area (Å²) >= 11 is 0. The lowest BCUT2D eigenvalue weighted by Gasteiger charge is -2.15. The molecule has 0 N–H and O–H groups in total. The van der Waals surface area contributed by atoms with Gasteiger partial charge in [0.1, 0.15) is 0 Å². The summed E-state index contributed by atoms with van der Waals surface area (Å²) in [4.78, 5) is 0. The second-order valence-corrected chi connectivity index (χ2v) is 6.17. The van der Waals surface area contributed by atoms with Crippen molar-refractivity contribution in [2.45, 2.75) is 0 Å². The summed E-state index contributed by atoms with van der Waals surface area (Å²) in [6.45, 7) is 0. The lowest BCUT2D eigenvalue weighted by molar-refractivity contribution is 0.683. The molecule has 0 unspecified atom stereocenters. The topological polar surface area (TPSA) is 0 Å². The Labute approximate surface area is 148 Å². The largest absolute Gasteiger partial charge is 0.572 e. The Morgan fingerprint density at radius 2 is 0.769 bits per heavy atom. The molecule has 0 aromatic heterocycles. The molecular formula is C20H12B2F4. The fraction of sp³-hybridized carbons (Fsp3) is 0. The number of benzene rings is 4. The summed E-state index contributed by atoms with van der Waals surface area (Å²) in [5, 5.41) is 2.79. The van der Waals surface area contributed by atoms with Crippen LogP contribution >= 0.6 is 0 Å². The molecule has 4 aromatic carbocycles. The molecule has 6 heteroatoms. The lowest BCUT2D eigenvalue weighted by Crippen LogP contribution is -2.28. The van der Waals surface area contributed by atoms with E-state index in [1.807, 2.05) is 0 Å². The zero-order chi connectivity index (χ0) is 18.3. The van der Waals surface area contributed by atoms with Gasteiger partial charge in [-0.1, -0.05) is 60.7 Å². The first-order valence-electron chi connectivity index (χ1n) is 8.16. The molecular weight excluding hydrogens is 338 g/mol. The molecule has 4 aromatic rings. The summed E-state index contributed by atoms with van der Waals surface area (Å²) < 4.78 is 54.8. The molecule has 0 aliphatic rings. The highest BCUT2D eigenvalue weighted by atomic mass is 19.2. The van der Waals surface area contributed by atoms with Crippen LogP contribution in [0.4, 0.5) is 17.3 Å². The highest BCUT2D eigenvalue weighted by Crippen LogP contribution is 2.27. The maximum atomic E-state index is 13.7. The van der Waals surface area contributed by atoms with Crippen LogP contribution in [0.5, 0.6) is 0 Å². The van der Waals surface area contributed by atoms with Gasteiger partial charge in [-0.25, -0.2) is 0 Å². The van der Waals surface area contributed by atoms with Crippen LogP contribution in [-0.4, -0.2) is 14.5 Å². The number of halogens is 4. The Balaban J connectivity index is 2.08. The Morgan fingerprint density at radius 3 is 1.08 bits per heavy atom. The van der Waals surface area contributed by atoms with E-state index in [2.05, 4.69) is 0 Å². The van der Waals surface area contributed by atoms with Crippen LogP contribution in [0.1, 0.15) is 0 Å². The van der Waals surface area contributed by atoms with Gasteiger partial charge in [0.15, 0.2) is 0 Å². The first-order chi connectivity index (χ1) is 12.5. The maximum absolute atomic E-state index is 13.7. The van der Waals surface area contributed by atoms with Crippen LogP contribution in [-0.2, 0) is 0 Å². The quantitative estimate of drug-likeness (QED) is 0.363. The Bertz CT molecular complexity index is 1020. The molecule has 0 atom stereocenters. The average molecular weight is 350 g/mol. The minimum Gasteiger partial charge on any atom is -0.281 e. The van der Waals surface area contributed by atoms with E-state index in [0.29, 0.717) is 10.8 Å². The Morgan fingerprint density at radius 1 is 0.462 bits per heavy atom. The first-order valence-corrected chi connectivity index (χ1v) is 8.16. The molecule has 0 bridgehead atoms. The zero-order valence-corrected chi connectivity index (χ0v) is 13.6. The molecule has 0 radical (unpaired) electrons. The van der Waals surface area contributed by atoms with Crippen LogP contribution in [0.3, 0.4) is 0 Å². The predicted molar refractivity (Wildman–Crippen MR) is 102 cm³/mol. The summed E-state index contributed by atoms with van der Waals surface area (Å²) in [7, 11) is -5.52. The molecule has 0 saturated carbocycles. The molecule has 0 heterocycles. The van der Waals surface area contributed by atoms with Gasteiger partial charge in [-0.05, 0) is 55.7 Å². The molecule has 0 amide bonds. The minimum absolute atomic E-state index is 0.153. The van der Waals surface area contributed by atoms with Gasteiger partial charge in [0.05, 0.1) is 0 Å². The van der Waals surface area contributed by atoms with E-state index >= 15 is 0 Å². The molecule has 26 heavy (non-hydrogen) atoms. The van der Waals surface area contributed by atoms with Crippen LogP contribution in [0.25, 0.3) is 32.7 Å². The van der Waals surface area contributed by atoms with Crippen molar-refractivity contribution in [2.24, 2.45) is 0 Å². The highest BCUT2D eigenvalue weighted by molar-refractivity contribution is 6.65. The van der Waals surface area contributed by atoms with E-state index in [1.165, 1.54) is 12.1 Å². The fourth-order valence-electron chi connectivity index (χ4n) is 3.34. The van der Waals surface area contributed by atoms with Crippen molar-refractivity contribution >= 4 is 47.0 Å². The molecule has 0 spiro atoms. The SMILES string of the molecule is FB(F)c1cc2ccccc2cc1-c1cc2ccccc2cc1B(F)F. The van der Waals surface area contributed by atoms with Gasteiger partial charge in [0.2, 0.25) is 0 Å². The van der Waals surface area contributed by atoms with Gasteiger partial charge in [-0.15, -0.1) is 0 Å². The molecule has 0 fully saturated rings. The summed E-state index contributed by atoms with van der Waals surface area (Å²) in [5.41, 5.74) is -0.165. The van der Waals surface area contributed by atoms with E-state index < -0.39 is 14.5 Å². The van der Waals surface area contributed by atoms with Crippen molar-refractivity contribution in [3.63, 3.8) is 0 Å². The average Bonchev–Trinajstić information content (AvgIpc) is 2.65. The fourth-order valence-corrected chi connectivity index (χ4v) is 3.34. The van der Waals surface area contributed by atoms with E-state index in [1.54, 1.807) is 60.7 Å². The third kappa shape index (κ3) is 2.85. The maximum Gasteiger partial charge on any atom is 0.572 e. The summed E-state index contributed by atoms with van der Waals surface area (Å²) in [6.07, 6.45) is 0. The second kappa shape index (κ2) is 6.52. The molecule has 126 valence electrons. The monoisotopic (exact) mass is 350 g/mol. The smallest absolute Gasteiger partial charge is 0.281 e. The van der Waals surface area contributed by atoms with Crippen molar-refractivity contribution in [2.75, 3.05) is 0 Å². The second-order valence-electron chi connectivity index (χ2n) is 6.17. The molecule has 0 saturated heterocycles.